The van der Waals surface area contributed by atoms with Gasteiger partial charge >= 0.3 is 0 Å². The van der Waals surface area contributed by atoms with E-state index in [1.165, 1.54) is 98.6 Å². The van der Waals surface area contributed by atoms with Crippen molar-refractivity contribution in [1.29, 1.82) is 0 Å². The molecule has 0 spiro atoms. The molecule has 0 nitrogen and oxygen atoms in total. The van der Waals surface area contributed by atoms with Crippen LogP contribution in [0.1, 0.15) is 75.3 Å². The number of fused-ring (bicyclic) bond motifs is 3. The van der Waals surface area contributed by atoms with E-state index in [2.05, 4.69) is 48.5 Å². The van der Waals surface area contributed by atoms with Crippen molar-refractivity contribution in [1.82, 2.24) is 0 Å². The predicted molar refractivity (Wildman–Crippen MR) is 115 cm³/mol. The Bertz CT molecular complexity index is 729. The lowest BCUT2D eigenvalue weighted by Crippen LogP contribution is -1.97. The molecule has 3 aromatic rings. The Hall–Kier alpha value is -1.82. The van der Waals surface area contributed by atoms with E-state index < -0.39 is 0 Å². The third kappa shape index (κ3) is 3.80. The second-order valence-corrected chi connectivity index (χ2v) is 8.08. The monoisotopic (exact) mass is 344 g/mol. The molecule has 0 fully saturated rings. The molecular formula is C26H32. The minimum Gasteiger partial charge on any atom is -0.0616 e. The topological polar surface area (TPSA) is 0 Å². The Labute approximate surface area is 158 Å². The van der Waals surface area contributed by atoms with Crippen LogP contribution in [-0.2, 0) is 12.8 Å². The Kier molecular flexibility index (Phi) is 5.89. The average Bonchev–Trinajstić information content (AvgIpc) is 2.68. The van der Waals surface area contributed by atoms with Gasteiger partial charge in [-0.3, -0.25) is 0 Å². The number of aryl methyl sites for hydroxylation is 2. The maximum absolute atomic E-state index is 2.36. The molecule has 0 unspecified atom stereocenters. The standard InChI is InChI=1S/C26H32/c1-2-4-6-8-10-16-22-25-19-13-11-17-23(25)21(15-9-7-5-3-1)24-18-12-14-20-26(22)24/h11-14,17-20H,1-10,15-16H2. The molecule has 0 atom stereocenters. The maximum Gasteiger partial charge on any atom is -0.0143 e. The zero-order valence-electron chi connectivity index (χ0n) is 16.1. The third-order valence-corrected chi connectivity index (χ3v) is 6.26. The highest BCUT2D eigenvalue weighted by Crippen LogP contribution is 2.35. The van der Waals surface area contributed by atoms with Crippen molar-refractivity contribution in [2.45, 2.75) is 77.0 Å². The van der Waals surface area contributed by atoms with E-state index in [4.69, 9.17) is 0 Å². The zero-order chi connectivity index (χ0) is 17.6. The highest BCUT2D eigenvalue weighted by molar-refractivity contribution is 6.05. The lowest BCUT2D eigenvalue weighted by atomic mass is 9.87. The fraction of sp³-hybridized carbons (Fsp3) is 0.462. The van der Waals surface area contributed by atoms with Crippen LogP contribution in [-0.4, -0.2) is 0 Å². The summed E-state index contributed by atoms with van der Waals surface area (Å²) >= 11 is 0. The van der Waals surface area contributed by atoms with Crippen LogP contribution >= 0.6 is 0 Å². The maximum atomic E-state index is 2.36. The molecule has 1 aliphatic carbocycles. The van der Waals surface area contributed by atoms with Gasteiger partial charge in [0, 0.05) is 0 Å². The van der Waals surface area contributed by atoms with Crippen LogP contribution in [0.15, 0.2) is 48.5 Å². The summed E-state index contributed by atoms with van der Waals surface area (Å²) in [6.45, 7) is 0. The highest BCUT2D eigenvalue weighted by atomic mass is 14.2. The first kappa shape index (κ1) is 17.6. The average molecular weight is 345 g/mol. The molecule has 2 bridgehead atoms. The van der Waals surface area contributed by atoms with Crippen LogP contribution in [0.5, 0.6) is 0 Å². The van der Waals surface area contributed by atoms with E-state index in [0.29, 0.717) is 0 Å². The van der Waals surface area contributed by atoms with Crippen molar-refractivity contribution >= 4 is 21.5 Å². The van der Waals surface area contributed by atoms with Gasteiger partial charge in [0.25, 0.3) is 0 Å². The summed E-state index contributed by atoms with van der Waals surface area (Å²) in [7, 11) is 0. The molecule has 0 N–H and O–H groups in total. The van der Waals surface area contributed by atoms with Gasteiger partial charge in [-0.1, -0.05) is 99.9 Å². The molecule has 4 rings (SSSR count). The van der Waals surface area contributed by atoms with E-state index in [1.807, 2.05) is 0 Å². The lowest BCUT2D eigenvalue weighted by Gasteiger charge is -2.17. The molecule has 0 radical (unpaired) electrons. The molecule has 1 aliphatic rings. The summed E-state index contributed by atoms with van der Waals surface area (Å²) in [6.07, 6.45) is 16.4. The third-order valence-electron chi connectivity index (χ3n) is 6.26. The number of hydrogen-bond acceptors (Lipinski definition) is 0. The molecule has 136 valence electrons. The van der Waals surface area contributed by atoms with Crippen LogP contribution in [0.25, 0.3) is 21.5 Å². The van der Waals surface area contributed by atoms with Crippen molar-refractivity contribution in [3.8, 4) is 0 Å². The Morgan fingerprint density at radius 2 is 0.615 bits per heavy atom. The number of benzene rings is 3. The smallest absolute Gasteiger partial charge is 0.0143 e. The largest absolute Gasteiger partial charge is 0.0616 e. The first-order valence-electron chi connectivity index (χ1n) is 10.9. The van der Waals surface area contributed by atoms with Crippen molar-refractivity contribution in [3.05, 3.63) is 59.7 Å². The Morgan fingerprint density at radius 1 is 0.346 bits per heavy atom. The van der Waals surface area contributed by atoms with E-state index in [0.717, 1.165) is 0 Å². The summed E-state index contributed by atoms with van der Waals surface area (Å²) in [6, 6.07) is 18.4. The minimum absolute atomic E-state index is 1.22. The fourth-order valence-corrected chi connectivity index (χ4v) is 4.87. The van der Waals surface area contributed by atoms with Crippen LogP contribution < -0.4 is 0 Å². The normalized spacial score (nSPS) is 17.7. The molecule has 0 heterocycles. The molecule has 0 aliphatic heterocycles. The second-order valence-electron chi connectivity index (χ2n) is 8.08. The van der Waals surface area contributed by atoms with E-state index in [-0.39, 0.29) is 0 Å². The molecule has 3 aromatic carbocycles. The second kappa shape index (κ2) is 8.71. The first-order valence-corrected chi connectivity index (χ1v) is 10.9. The fourth-order valence-electron chi connectivity index (χ4n) is 4.87. The summed E-state index contributed by atoms with van der Waals surface area (Å²) in [5.74, 6) is 0. The number of rotatable bonds is 0. The molecule has 0 saturated heterocycles. The van der Waals surface area contributed by atoms with Crippen molar-refractivity contribution in [2.24, 2.45) is 0 Å². The first-order chi connectivity index (χ1) is 12.9. The van der Waals surface area contributed by atoms with E-state index in [9.17, 15) is 0 Å². The van der Waals surface area contributed by atoms with Crippen LogP contribution in [0.2, 0.25) is 0 Å². The molecular weight excluding hydrogens is 312 g/mol. The van der Waals surface area contributed by atoms with Gasteiger partial charge in [-0.2, -0.15) is 0 Å². The van der Waals surface area contributed by atoms with Gasteiger partial charge < -0.3 is 0 Å². The summed E-state index contributed by atoms with van der Waals surface area (Å²) in [5.41, 5.74) is 3.18. The van der Waals surface area contributed by atoms with Crippen LogP contribution in [0.3, 0.4) is 0 Å². The summed E-state index contributed by atoms with van der Waals surface area (Å²) < 4.78 is 0. The summed E-state index contributed by atoms with van der Waals surface area (Å²) in [4.78, 5) is 0. The molecule has 26 heavy (non-hydrogen) atoms. The van der Waals surface area contributed by atoms with Crippen molar-refractivity contribution in [2.75, 3.05) is 0 Å². The Morgan fingerprint density at radius 3 is 0.923 bits per heavy atom. The zero-order valence-corrected chi connectivity index (χ0v) is 16.1. The molecule has 0 heteroatoms. The van der Waals surface area contributed by atoms with Gasteiger partial charge in [-0.25, -0.2) is 0 Å². The molecule has 0 amide bonds. The van der Waals surface area contributed by atoms with Gasteiger partial charge in [0.2, 0.25) is 0 Å². The van der Waals surface area contributed by atoms with Crippen LogP contribution in [0.4, 0.5) is 0 Å². The SMILES string of the molecule is c1ccc2c3c4ccccc4c(c2c1)CCCCCCCCCCCC3. The highest BCUT2D eigenvalue weighted by Gasteiger charge is 2.13. The van der Waals surface area contributed by atoms with Crippen molar-refractivity contribution in [3.63, 3.8) is 0 Å². The van der Waals surface area contributed by atoms with Crippen molar-refractivity contribution < 1.29 is 0 Å². The van der Waals surface area contributed by atoms with Gasteiger partial charge in [-0.05, 0) is 58.4 Å². The van der Waals surface area contributed by atoms with E-state index >= 15 is 0 Å². The minimum atomic E-state index is 1.22. The van der Waals surface area contributed by atoms with Gasteiger partial charge in [-0.15, -0.1) is 0 Å². The lowest BCUT2D eigenvalue weighted by molar-refractivity contribution is 0.551. The quantitative estimate of drug-likeness (QED) is 0.362. The van der Waals surface area contributed by atoms with Gasteiger partial charge in [0.15, 0.2) is 0 Å². The van der Waals surface area contributed by atoms with E-state index in [1.54, 1.807) is 11.1 Å². The van der Waals surface area contributed by atoms with Gasteiger partial charge in [0.1, 0.15) is 0 Å². The Balaban J connectivity index is 1.80. The molecule has 0 aromatic heterocycles. The van der Waals surface area contributed by atoms with Gasteiger partial charge in [0.05, 0.1) is 0 Å². The summed E-state index contributed by atoms with van der Waals surface area (Å²) in [5, 5.41) is 6.03. The number of hydrogen-bond donors (Lipinski definition) is 0. The van der Waals surface area contributed by atoms with Crippen LogP contribution in [0, 0.1) is 0 Å². The molecule has 0 saturated carbocycles. The predicted octanol–water partition coefficient (Wildman–Crippen LogP) is 7.99.